The molecular formula is C50H90NO10P. The number of unbranched alkanes of at least 4 members (excludes halogenated alkanes) is 24. The van der Waals surface area contributed by atoms with Crippen molar-refractivity contribution in [3.63, 3.8) is 0 Å². The Bertz CT molecular complexity index is 1240. The highest BCUT2D eigenvalue weighted by Crippen LogP contribution is 2.43. The summed E-state index contributed by atoms with van der Waals surface area (Å²) in [7, 11) is -4.76. The summed E-state index contributed by atoms with van der Waals surface area (Å²) in [6.45, 7) is 2.57. The Hall–Kier alpha value is -2.56. The molecule has 0 saturated carbocycles. The van der Waals surface area contributed by atoms with Crippen LogP contribution in [-0.4, -0.2) is 64.9 Å². The maximum absolute atomic E-state index is 12.4. The number of nitrogens with one attached hydrogen (secondary N) is 1. The molecule has 62 heavy (non-hydrogen) atoms. The van der Waals surface area contributed by atoms with Crippen LogP contribution in [0.15, 0.2) is 48.6 Å². The molecule has 0 aromatic heterocycles. The van der Waals surface area contributed by atoms with Gasteiger partial charge in [0, 0.05) is 12.8 Å². The largest absolute Gasteiger partial charge is 0.480 e. The molecule has 3 atom stereocenters. The Balaban J connectivity index is 3.87. The highest BCUT2D eigenvalue weighted by atomic mass is 31.2. The number of amides is 1. The van der Waals surface area contributed by atoms with E-state index in [-0.39, 0.29) is 12.8 Å². The average molecular weight is 896 g/mol. The Kier molecular flexibility index (Phi) is 43.2. The number of carboxylic acids is 1. The zero-order valence-corrected chi connectivity index (χ0v) is 40.1. The van der Waals surface area contributed by atoms with Crippen LogP contribution in [-0.2, 0) is 32.7 Å². The van der Waals surface area contributed by atoms with Gasteiger partial charge in [-0.2, -0.15) is 0 Å². The van der Waals surface area contributed by atoms with Gasteiger partial charge >= 0.3 is 19.8 Å². The molecule has 0 radical (unpaired) electrons. The number of carbonyl (C=O) groups excluding carboxylic acids is 2. The van der Waals surface area contributed by atoms with Gasteiger partial charge in [0.15, 0.2) is 6.04 Å². The molecule has 0 aromatic carbocycles. The molecule has 0 fully saturated rings. The number of aliphatic carboxylic acids is 1. The lowest BCUT2D eigenvalue weighted by molar-refractivity contribution is -0.147. The van der Waals surface area contributed by atoms with E-state index in [0.717, 1.165) is 70.6 Å². The number of phosphoric acid groups is 1. The molecule has 12 heteroatoms. The molecular weight excluding hydrogens is 806 g/mol. The number of aliphatic hydroxyl groups excluding tert-OH is 1. The number of allylic oxidation sites excluding steroid dienone is 8. The van der Waals surface area contributed by atoms with Crippen molar-refractivity contribution >= 4 is 25.7 Å². The standard InChI is InChI=1S/C50H90NO10P/c1-3-5-7-9-11-13-15-17-19-21-23-25-27-29-31-33-35-37-39-41-48(53)51-47(50(55)56)45-61-62(57,58)60-44-46(52)43-59-49(54)42-40-38-36-34-32-30-28-26-24-22-20-18-16-14-12-10-8-6-4-2/h12,14,17-20,24,26,46-47,52H,3-11,13,15-16,21-23,25,27-45H2,1-2H3,(H,51,53)(H,55,56)(H,57,58)/b14-12-,19-17+,20-18-,26-24-. The van der Waals surface area contributed by atoms with Crippen molar-refractivity contribution in [2.75, 3.05) is 19.8 Å². The summed E-state index contributed by atoms with van der Waals surface area (Å²) < 4.78 is 26.9. The fourth-order valence-corrected chi connectivity index (χ4v) is 7.50. The van der Waals surface area contributed by atoms with Gasteiger partial charge in [-0.1, -0.05) is 178 Å². The number of carbonyl (C=O) groups is 3. The molecule has 0 aliphatic rings. The van der Waals surface area contributed by atoms with Crippen LogP contribution in [0, 0.1) is 0 Å². The summed E-state index contributed by atoms with van der Waals surface area (Å²) in [6, 6.07) is -1.55. The van der Waals surface area contributed by atoms with E-state index in [0.29, 0.717) is 12.8 Å². The molecule has 0 rings (SSSR count). The summed E-state index contributed by atoms with van der Waals surface area (Å²) in [4.78, 5) is 46.1. The van der Waals surface area contributed by atoms with Crippen LogP contribution in [0.2, 0.25) is 0 Å². The Morgan fingerprint density at radius 1 is 0.516 bits per heavy atom. The molecule has 11 nitrogen and oxygen atoms in total. The second kappa shape index (κ2) is 45.0. The van der Waals surface area contributed by atoms with E-state index in [4.69, 9.17) is 13.8 Å². The Morgan fingerprint density at radius 2 is 0.887 bits per heavy atom. The first-order valence-corrected chi connectivity index (χ1v) is 26.2. The summed E-state index contributed by atoms with van der Waals surface area (Å²) in [6.07, 6.45) is 51.2. The first kappa shape index (κ1) is 59.4. The van der Waals surface area contributed by atoms with Crippen LogP contribution < -0.4 is 5.32 Å². The van der Waals surface area contributed by atoms with Crippen LogP contribution in [0.1, 0.15) is 219 Å². The number of hydrogen-bond donors (Lipinski definition) is 4. The van der Waals surface area contributed by atoms with E-state index in [1.807, 2.05) is 0 Å². The minimum absolute atomic E-state index is 0.142. The van der Waals surface area contributed by atoms with Crippen LogP contribution in [0.5, 0.6) is 0 Å². The molecule has 0 aliphatic carbocycles. The zero-order valence-electron chi connectivity index (χ0n) is 39.2. The minimum atomic E-state index is -4.76. The number of aliphatic hydroxyl groups is 1. The van der Waals surface area contributed by atoms with E-state index in [2.05, 4.69) is 67.8 Å². The number of rotatable bonds is 46. The van der Waals surface area contributed by atoms with Gasteiger partial charge < -0.3 is 25.2 Å². The third-order valence-electron chi connectivity index (χ3n) is 10.6. The molecule has 1 amide bonds. The first-order chi connectivity index (χ1) is 30.1. The Morgan fingerprint density at radius 3 is 1.37 bits per heavy atom. The van der Waals surface area contributed by atoms with Crippen molar-refractivity contribution < 1.29 is 47.8 Å². The van der Waals surface area contributed by atoms with Crippen molar-refractivity contribution in [3.8, 4) is 0 Å². The van der Waals surface area contributed by atoms with Gasteiger partial charge in [-0.25, -0.2) is 9.36 Å². The van der Waals surface area contributed by atoms with E-state index in [9.17, 15) is 34.1 Å². The lowest BCUT2D eigenvalue weighted by Gasteiger charge is -2.18. The van der Waals surface area contributed by atoms with Crippen LogP contribution in [0.3, 0.4) is 0 Å². The van der Waals surface area contributed by atoms with Gasteiger partial charge in [-0.05, 0) is 77.0 Å². The normalized spacial score (nSPS) is 14.0. The highest BCUT2D eigenvalue weighted by molar-refractivity contribution is 7.47. The summed E-state index contributed by atoms with van der Waals surface area (Å²) >= 11 is 0. The summed E-state index contributed by atoms with van der Waals surface area (Å²) in [5.74, 6) is -2.39. The van der Waals surface area contributed by atoms with E-state index < -0.39 is 57.6 Å². The van der Waals surface area contributed by atoms with E-state index in [1.54, 1.807) is 0 Å². The summed E-state index contributed by atoms with van der Waals surface area (Å²) in [5.41, 5.74) is 0. The maximum Gasteiger partial charge on any atom is 0.472 e. The number of carboxylic acid groups (broad SMARTS) is 1. The molecule has 0 heterocycles. The molecule has 0 saturated heterocycles. The highest BCUT2D eigenvalue weighted by Gasteiger charge is 2.28. The molecule has 0 aliphatic heterocycles. The quantitative estimate of drug-likeness (QED) is 0.0200. The van der Waals surface area contributed by atoms with Crippen LogP contribution >= 0.6 is 7.82 Å². The Labute approximate surface area is 377 Å². The van der Waals surface area contributed by atoms with E-state index >= 15 is 0 Å². The van der Waals surface area contributed by atoms with Gasteiger partial charge in [-0.3, -0.25) is 18.6 Å². The lowest BCUT2D eigenvalue weighted by atomic mass is 10.1. The van der Waals surface area contributed by atoms with Crippen molar-refractivity contribution in [2.45, 2.75) is 231 Å². The fourth-order valence-electron chi connectivity index (χ4n) is 6.73. The lowest BCUT2D eigenvalue weighted by Crippen LogP contribution is -2.43. The zero-order chi connectivity index (χ0) is 45.6. The van der Waals surface area contributed by atoms with E-state index in [1.165, 1.54) is 109 Å². The molecule has 4 N–H and O–H groups in total. The molecule has 3 unspecified atom stereocenters. The second-order valence-corrected chi connectivity index (χ2v) is 18.1. The predicted molar refractivity (Wildman–Crippen MR) is 254 cm³/mol. The third kappa shape index (κ3) is 44.1. The van der Waals surface area contributed by atoms with Crippen molar-refractivity contribution in [3.05, 3.63) is 48.6 Å². The molecule has 0 bridgehead atoms. The van der Waals surface area contributed by atoms with Crippen molar-refractivity contribution in [1.29, 1.82) is 0 Å². The monoisotopic (exact) mass is 896 g/mol. The topological polar surface area (TPSA) is 169 Å². The number of phosphoric ester groups is 1. The fraction of sp³-hybridized carbons (Fsp3) is 0.780. The SMILES string of the molecule is CCCCC/C=C\C/C=C\C/C=C\CCCCCCCCC(=O)OCC(O)COP(=O)(O)OCC(NC(=O)CCCCCCCCCCC/C=C/CCCCCCCC)C(=O)O. The maximum atomic E-state index is 12.4. The summed E-state index contributed by atoms with van der Waals surface area (Å²) in [5, 5.41) is 21.9. The van der Waals surface area contributed by atoms with Gasteiger partial charge in [-0.15, -0.1) is 0 Å². The number of esters is 1. The average Bonchev–Trinajstić information content (AvgIpc) is 3.25. The van der Waals surface area contributed by atoms with Gasteiger partial charge in [0.1, 0.15) is 12.7 Å². The predicted octanol–water partition coefficient (Wildman–Crippen LogP) is 13.3. The van der Waals surface area contributed by atoms with Gasteiger partial charge in [0.25, 0.3) is 0 Å². The number of ether oxygens (including phenoxy) is 1. The van der Waals surface area contributed by atoms with Crippen LogP contribution in [0.25, 0.3) is 0 Å². The molecule has 0 spiro atoms. The molecule has 0 aromatic rings. The first-order valence-electron chi connectivity index (χ1n) is 24.7. The van der Waals surface area contributed by atoms with Gasteiger partial charge in [0.05, 0.1) is 13.2 Å². The smallest absolute Gasteiger partial charge is 0.472 e. The number of hydrogen-bond acceptors (Lipinski definition) is 8. The molecule has 360 valence electrons. The van der Waals surface area contributed by atoms with Crippen LogP contribution in [0.4, 0.5) is 0 Å². The van der Waals surface area contributed by atoms with Crippen molar-refractivity contribution in [2.24, 2.45) is 0 Å². The second-order valence-electron chi connectivity index (χ2n) is 16.6. The third-order valence-corrected chi connectivity index (χ3v) is 11.5. The van der Waals surface area contributed by atoms with Gasteiger partial charge in [0.2, 0.25) is 5.91 Å². The van der Waals surface area contributed by atoms with Crippen molar-refractivity contribution in [1.82, 2.24) is 5.32 Å². The minimum Gasteiger partial charge on any atom is -0.480 e.